The molecule has 0 aromatic carbocycles. The first-order chi connectivity index (χ1) is 8.17. The molecule has 5 heteroatoms. The SMILES string of the molecule is CCCC(C#N)C(=O)NCCc1ccc(Br)s1. The van der Waals surface area contributed by atoms with Crippen LogP contribution in [0, 0.1) is 17.2 Å². The molecule has 17 heavy (non-hydrogen) atoms. The predicted molar refractivity (Wildman–Crippen MR) is 72.7 cm³/mol. The van der Waals surface area contributed by atoms with Gasteiger partial charge in [-0.1, -0.05) is 13.3 Å². The molecule has 1 rings (SSSR count). The lowest BCUT2D eigenvalue weighted by Crippen LogP contribution is -2.31. The lowest BCUT2D eigenvalue weighted by Gasteiger charge is -2.08. The van der Waals surface area contributed by atoms with Crippen LogP contribution in [0.4, 0.5) is 0 Å². The third-order valence-corrected chi connectivity index (χ3v) is 4.03. The summed E-state index contributed by atoms with van der Waals surface area (Å²) in [5, 5.41) is 11.6. The maximum absolute atomic E-state index is 11.6. The maximum Gasteiger partial charge on any atom is 0.237 e. The Kier molecular flexibility index (Phi) is 6.23. The topological polar surface area (TPSA) is 52.9 Å². The maximum atomic E-state index is 11.6. The van der Waals surface area contributed by atoms with Crippen LogP contribution < -0.4 is 5.32 Å². The van der Waals surface area contributed by atoms with Gasteiger partial charge < -0.3 is 5.32 Å². The van der Waals surface area contributed by atoms with Crippen LogP contribution in [0.3, 0.4) is 0 Å². The van der Waals surface area contributed by atoms with E-state index in [0.717, 1.165) is 16.6 Å². The summed E-state index contributed by atoms with van der Waals surface area (Å²) >= 11 is 5.06. The molecule has 1 aromatic rings. The Morgan fingerprint density at radius 2 is 2.41 bits per heavy atom. The minimum Gasteiger partial charge on any atom is -0.355 e. The van der Waals surface area contributed by atoms with E-state index < -0.39 is 5.92 Å². The fraction of sp³-hybridized carbons (Fsp3) is 0.500. The van der Waals surface area contributed by atoms with E-state index in [1.54, 1.807) is 11.3 Å². The zero-order valence-corrected chi connectivity index (χ0v) is 12.1. The van der Waals surface area contributed by atoms with Gasteiger partial charge in [0.2, 0.25) is 5.91 Å². The molecule has 0 radical (unpaired) electrons. The smallest absolute Gasteiger partial charge is 0.237 e. The summed E-state index contributed by atoms with van der Waals surface area (Å²) in [5.41, 5.74) is 0. The monoisotopic (exact) mass is 314 g/mol. The first-order valence-corrected chi connectivity index (χ1v) is 7.19. The van der Waals surface area contributed by atoms with E-state index in [4.69, 9.17) is 5.26 Å². The Balaban J connectivity index is 2.31. The number of thiophene rings is 1. The average Bonchev–Trinajstić information content (AvgIpc) is 2.71. The largest absolute Gasteiger partial charge is 0.355 e. The van der Waals surface area contributed by atoms with Crippen molar-refractivity contribution >= 4 is 33.2 Å². The van der Waals surface area contributed by atoms with Crippen molar-refractivity contribution < 1.29 is 4.79 Å². The highest BCUT2D eigenvalue weighted by Crippen LogP contribution is 2.22. The van der Waals surface area contributed by atoms with E-state index in [2.05, 4.69) is 21.2 Å². The number of hydrogen-bond donors (Lipinski definition) is 1. The van der Waals surface area contributed by atoms with Gasteiger partial charge in [-0.2, -0.15) is 5.26 Å². The highest BCUT2D eigenvalue weighted by molar-refractivity contribution is 9.11. The number of amides is 1. The molecule has 0 saturated heterocycles. The van der Waals surface area contributed by atoms with Crippen molar-refractivity contribution in [2.24, 2.45) is 5.92 Å². The van der Waals surface area contributed by atoms with Crippen molar-refractivity contribution in [3.05, 3.63) is 20.8 Å². The van der Waals surface area contributed by atoms with Crippen LogP contribution in [0.25, 0.3) is 0 Å². The number of nitriles is 1. The summed E-state index contributed by atoms with van der Waals surface area (Å²) in [5.74, 6) is -0.653. The first-order valence-electron chi connectivity index (χ1n) is 5.59. The fourth-order valence-corrected chi connectivity index (χ4v) is 2.94. The van der Waals surface area contributed by atoms with E-state index in [-0.39, 0.29) is 5.91 Å². The van der Waals surface area contributed by atoms with Crippen molar-refractivity contribution in [2.75, 3.05) is 6.54 Å². The number of carbonyl (C=O) groups is 1. The number of nitrogens with zero attached hydrogens (tertiary/aromatic N) is 1. The molecule has 0 aliphatic rings. The highest BCUT2D eigenvalue weighted by atomic mass is 79.9. The van der Waals surface area contributed by atoms with Crippen LogP contribution in [0.15, 0.2) is 15.9 Å². The Morgan fingerprint density at radius 1 is 1.65 bits per heavy atom. The second-order valence-corrected chi connectivity index (χ2v) is 6.26. The van der Waals surface area contributed by atoms with Gasteiger partial charge in [-0.15, -0.1) is 11.3 Å². The molecule has 0 spiro atoms. The minimum absolute atomic E-state index is 0.148. The van der Waals surface area contributed by atoms with Gasteiger partial charge >= 0.3 is 0 Å². The second kappa shape index (κ2) is 7.46. The molecular weight excluding hydrogens is 300 g/mol. The normalized spacial score (nSPS) is 11.8. The van der Waals surface area contributed by atoms with E-state index in [9.17, 15) is 4.79 Å². The van der Waals surface area contributed by atoms with Crippen molar-refractivity contribution in [2.45, 2.75) is 26.2 Å². The fourth-order valence-electron chi connectivity index (χ4n) is 1.46. The third-order valence-electron chi connectivity index (χ3n) is 2.35. The lowest BCUT2D eigenvalue weighted by atomic mass is 10.1. The molecule has 0 saturated carbocycles. The Labute approximate surface area is 114 Å². The molecule has 1 unspecified atom stereocenters. The van der Waals surface area contributed by atoms with Crippen LogP contribution in [0.2, 0.25) is 0 Å². The van der Waals surface area contributed by atoms with Crippen LogP contribution >= 0.6 is 27.3 Å². The summed E-state index contributed by atoms with van der Waals surface area (Å²) in [6.45, 7) is 2.56. The predicted octanol–water partition coefficient (Wildman–Crippen LogP) is 3.11. The van der Waals surface area contributed by atoms with Crippen molar-refractivity contribution in [1.29, 1.82) is 5.26 Å². The van der Waals surface area contributed by atoms with Crippen molar-refractivity contribution in [3.63, 3.8) is 0 Å². The van der Waals surface area contributed by atoms with Gasteiger partial charge in [-0.3, -0.25) is 4.79 Å². The third kappa shape index (κ3) is 4.88. The average molecular weight is 315 g/mol. The van der Waals surface area contributed by atoms with Gasteiger partial charge in [0, 0.05) is 11.4 Å². The number of carbonyl (C=O) groups excluding carboxylic acids is 1. The summed E-state index contributed by atoms with van der Waals surface area (Å²) < 4.78 is 1.10. The molecule has 0 aliphatic heterocycles. The Hall–Kier alpha value is -0.860. The molecular formula is C12H15BrN2OS. The van der Waals surface area contributed by atoms with Gasteiger partial charge in [0.15, 0.2) is 0 Å². The standard InChI is InChI=1S/C12H15BrN2OS/c1-2-3-9(8-14)12(16)15-7-6-10-4-5-11(13)17-10/h4-5,9H,2-3,6-7H2,1H3,(H,15,16). The van der Waals surface area contributed by atoms with Crippen molar-refractivity contribution in [1.82, 2.24) is 5.32 Å². The molecule has 0 fully saturated rings. The van der Waals surface area contributed by atoms with Gasteiger partial charge in [0.05, 0.1) is 9.86 Å². The zero-order chi connectivity index (χ0) is 12.7. The quantitative estimate of drug-likeness (QED) is 0.877. The Bertz CT molecular complexity index is 411. The zero-order valence-electron chi connectivity index (χ0n) is 9.70. The second-order valence-electron chi connectivity index (χ2n) is 3.72. The molecule has 0 bridgehead atoms. The van der Waals surface area contributed by atoms with Crippen LogP contribution in [-0.2, 0) is 11.2 Å². The van der Waals surface area contributed by atoms with Crippen LogP contribution in [-0.4, -0.2) is 12.5 Å². The lowest BCUT2D eigenvalue weighted by molar-refractivity contribution is -0.123. The highest BCUT2D eigenvalue weighted by Gasteiger charge is 2.15. The van der Waals surface area contributed by atoms with Gasteiger partial charge in [0.25, 0.3) is 0 Å². The molecule has 1 N–H and O–H groups in total. The van der Waals surface area contributed by atoms with Crippen LogP contribution in [0.1, 0.15) is 24.6 Å². The van der Waals surface area contributed by atoms with Gasteiger partial charge in [-0.05, 0) is 40.9 Å². The molecule has 3 nitrogen and oxygen atoms in total. The van der Waals surface area contributed by atoms with Crippen LogP contribution in [0.5, 0.6) is 0 Å². The summed E-state index contributed by atoms with van der Waals surface area (Å²) in [7, 11) is 0. The summed E-state index contributed by atoms with van der Waals surface area (Å²) in [4.78, 5) is 12.8. The first kappa shape index (κ1) is 14.2. The van der Waals surface area contributed by atoms with E-state index in [0.29, 0.717) is 13.0 Å². The van der Waals surface area contributed by atoms with Crippen molar-refractivity contribution in [3.8, 4) is 6.07 Å². The molecule has 1 atom stereocenters. The number of nitrogens with one attached hydrogen (secondary N) is 1. The molecule has 0 aliphatic carbocycles. The van der Waals surface area contributed by atoms with E-state index >= 15 is 0 Å². The van der Waals surface area contributed by atoms with E-state index in [1.165, 1.54) is 4.88 Å². The van der Waals surface area contributed by atoms with Gasteiger partial charge in [-0.25, -0.2) is 0 Å². The molecule has 1 heterocycles. The summed E-state index contributed by atoms with van der Waals surface area (Å²) in [6, 6.07) is 6.07. The van der Waals surface area contributed by atoms with E-state index in [1.807, 2.05) is 25.1 Å². The summed E-state index contributed by atoms with van der Waals surface area (Å²) in [6.07, 6.45) is 2.29. The number of hydrogen-bond acceptors (Lipinski definition) is 3. The molecule has 92 valence electrons. The van der Waals surface area contributed by atoms with Gasteiger partial charge in [0.1, 0.15) is 5.92 Å². The number of halogens is 1. The number of rotatable bonds is 6. The Morgan fingerprint density at radius 3 is 2.94 bits per heavy atom. The molecule has 1 amide bonds. The minimum atomic E-state index is -0.505. The molecule has 1 aromatic heterocycles.